The van der Waals surface area contributed by atoms with Crippen molar-refractivity contribution in [1.29, 1.82) is 0 Å². The molecule has 0 saturated heterocycles. The van der Waals surface area contributed by atoms with E-state index < -0.39 is 5.91 Å². The molecule has 3 N–H and O–H groups in total. The van der Waals surface area contributed by atoms with E-state index in [1.165, 1.54) is 20.3 Å². The van der Waals surface area contributed by atoms with Gasteiger partial charge in [-0.2, -0.15) is 0 Å². The molecule has 0 saturated carbocycles. The molecule has 4 rings (SSSR count). The summed E-state index contributed by atoms with van der Waals surface area (Å²) in [4.78, 5) is 17.0. The maximum absolute atomic E-state index is 12.5. The number of ether oxygens (including phenoxy) is 2. The number of hydrogen-bond donors (Lipinski definition) is 3. The van der Waals surface area contributed by atoms with E-state index in [-0.39, 0.29) is 10.9 Å². The molecule has 1 aromatic heterocycles. The van der Waals surface area contributed by atoms with Crippen molar-refractivity contribution in [2.24, 2.45) is 0 Å². The number of methoxy groups -OCH3 is 2. The Morgan fingerprint density at radius 1 is 1.00 bits per heavy atom. The van der Waals surface area contributed by atoms with Crippen LogP contribution in [-0.4, -0.2) is 35.3 Å². The minimum atomic E-state index is -0.420. The van der Waals surface area contributed by atoms with Crippen molar-refractivity contribution in [3.05, 3.63) is 65.2 Å². The van der Waals surface area contributed by atoms with Crippen molar-refractivity contribution in [3.8, 4) is 28.7 Å². The van der Waals surface area contributed by atoms with Gasteiger partial charge in [-0.15, -0.1) is 0 Å². The first-order chi connectivity index (χ1) is 16.3. The second kappa shape index (κ2) is 9.40. The second-order valence-corrected chi connectivity index (χ2v) is 8.04. The van der Waals surface area contributed by atoms with Gasteiger partial charge in [0.1, 0.15) is 11.3 Å². The molecule has 34 heavy (non-hydrogen) atoms. The molecule has 1 amide bonds. The fraction of sp³-hybridized carbons (Fsp3) is 0.160. The summed E-state index contributed by atoms with van der Waals surface area (Å²) in [5.41, 5.74) is 4.86. The van der Waals surface area contributed by atoms with Crippen LogP contribution < -0.4 is 20.1 Å². The predicted molar refractivity (Wildman–Crippen MR) is 134 cm³/mol. The van der Waals surface area contributed by atoms with Crippen molar-refractivity contribution < 1.29 is 23.8 Å². The van der Waals surface area contributed by atoms with Crippen LogP contribution in [0.3, 0.4) is 0 Å². The fourth-order valence-electron chi connectivity index (χ4n) is 3.40. The van der Waals surface area contributed by atoms with E-state index >= 15 is 0 Å². The van der Waals surface area contributed by atoms with Crippen LogP contribution in [0.4, 0.5) is 5.69 Å². The van der Waals surface area contributed by atoms with Crippen molar-refractivity contribution in [2.75, 3.05) is 19.5 Å². The lowest BCUT2D eigenvalue weighted by atomic mass is 10.1. The van der Waals surface area contributed by atoms with Crippen LogP contribution in [0.2, 0.25) is 0 Å². The summed E-state index contributed by atoms with van der Waals surface area (Å²) >= 11 is 5.25. The summed E-state index contributed by atoms with van der Waals surface area (Å²) in [7, 11) is 3.01. The van der Waals surface area contributed by atoms with Crippen LogP contribution in [0.5, 0.6) is 17.2 Å². The van der Waals surface area contributed by atoms with Gasteiger partial charge >= 0.3 is 0 Å². The number of amides is 1. The van der Waals surface area contributed by atoms with Crippen molar-refractivity contribution in [2.45, 2.75) is 13.8 Å². The smallest absolute Gasteiger partial charge is 0.257 e. The molecule has 0 spiro atoms. The number of nitrogens with zero attached hydrogens (tertiary/aromatic N) is 1. The molecule has 8 nitrogen and oxygen atoms in total. The van der Waals surface area contributed by atoms with Gasteiger partial charge in [0.25, 0.3) is 5.91 Å². The van der Waals surface area contributed by atoms with E-state index in [0.29, 0.717) is 39.8 Å². The van der Waals surface area contributed by atoms with Gasteiger partial charge in [-0.3, -0.25) is 10.1 Å². The highest BCUT2D eigenvalue weighted by Crippen LogP contribution is 2.34. The minimum absolute atomic E-state index is 0.0426. The monoisotopic (exact) mass is 477 g/mol. The summed E-state index contributed by atoms with van der Waals surface area (Å²) in [6.07, 6.45) is 0. The predicted octanol–water partition coefficient (Wildman–Crippen LogP) is 4.96. The standard InChI is InChI=1S/C25H23N3O5S/c1-13-9-18-21(10-14(13)2)33-24(27-18)17-7-6-16(12-19(17)29)26-25(34)28-23(30)15-5-8-20(31-3)22(11-15)32-4/h5-12,29H,1-4H3,(H2,26,28,30,34). The molecule has 4 aromatic rings. The number of nitrogens with one attached hydrogen (secondary N) is 2. The lowest BCUT2D eigenvalue weighted by molar-refractivity contribution is 0.0977. The van der Waals surface area contributed by atoms with Gasteiger partial charge < -0.3 is 24.3 Å². The number of benzene rings is 3. The number of aromatic hydroxyl groups is 1. The Hall–Kier alpha value is -4.11. The number of rotatable bonds is 5. The minimum Gasteiger partial charge on any atom is -0.507 e. The third-order valence-corrected chi connectivity index (χ3v) is 5.57. The van der Waals surface area contributed by atoms with Crippen molar-refractivity contribution >= 4 is 40.0 Å². The van der Waals surface area contributed by atoms with Gasteiger partial charge in [-0.1, -0.05) is 0 Å². The maximum Gasteiger partial charge on any atom is 0.257 e. The molecule has 0 atom stereocenters. The number of thiocarbonyl (C=S) groups is 1. The summed E-state index contributed by atoms with van der Waals surface area (Å²) in [6, 6.07) is 13.5. The molecule has 0 unspecified atom stereocenters. The van der Waals surface area contributed by atoms with E-state index in [1.807, 2.05) is 26.0 Å². The second-order valence-electron chi connectivity index (χ2n) is 7.63. The van der Waals surface area contributed by atoms with Crippen LogP contribution in [-0.2, 0) is 0 Å². The van der Waals surface area contributed by atoms with Crippen LogP contribution >= 0.6 is 12.2 Å². The number of phenols is 1. The molecular formula is C25H23N3O5S. The lowest BCUT2D eigenvalue weighted by Gasteiger charge is -2.12. The number of carbonyl (C=O) groups is 1. The Bertz CT molecular complexity index is 1370. The average Bonchev–Trinajstić information content (AvgIpc) is 3.20. The topological polar surface area (TPSA) is 106 Å². The number of oxazole rings is 1. The molecular weight excluding hydrogens is 454 g/mol. The molecule has 0 aliphatic rings. The summed E-state index contributed by atoms with van der Waals surface area (Å²) in [5.74, 6) is 0.794. The number of aromatic nitrogens is 1. The van der Waals surface area contributed by atoms with Gasteiger partial charge in [0, 0.05) is 17.3 Å². The summed E-state index contributed by atoms with van der Waals surface area (Å²) in [5, 5.41) is 16.1. The molecule has 0 radical (unpaired) electrons. The molecule has 0 aliphatic heterocycles. The third kappa shape index (κ3) is 4.65. The van der Waals surface area contributed by atoms with E-state index in [1.54, 1.807) is 30.3 Å². The number of fused-ring (bicyclic) bond motifs is 1. The molecule has 0 fully saturated rings. The molecule has 0 aliphatic carbocycles. The largest absolute Gasteiger partial charge is 0.507 e. The summed E-state index contributed by atoms with van der Waals surface area (Å²) in [6.45, 7) is 4.01. The first-order valence-electron chi connectivity index (χ1n) is 10.3. The number of hydrogen-bond acceptors (Lipinski definition) is 7. The highest BCUT2D eigenvalue weighted by molar-refractivity contribution is 7.80. The number of carbonyl (C=O) groups excluding carboxylic acids is 1. The highest BCUT2D eigenvalue weighted by Gasteiger charge is 2.15. The normalized spacial score (nSPS) is 10.7. The molecule has 174 valence electrons. The Morgan fingerprint density at radius 2 is 1.74 bits per heavy atom. The van der Waals surface area contributed by atoms with Crippen molar-refractivity contribution in [3.63, 3.8) is 0 Å². The first-order valence-corrected chi connectivity index (χ1v) is 10.8. The number of phenolic OH excluding ortho intramolecular Hbond substituents is 1. The summed E-state index contributed by atoms with van der Waals surface area (Å²) < 4.78 is 16.2. The molecule has 3 aromatic carbocycles. The van der Waals surface area contributed by atoms with Gasteiger partial charge in [-0.25, -0.2) is 4.98 Å². The Kier molecular flexibility index (Phi) is 6.38. The van der Waals surface area contributed by atoms with Gasteiger partial charge in [0.05, 0.1) is 19.8 Å². The Morgan fingerprint density at radius 3 is 2.44 bits per heavy atom. The van der Waals surface area contributed by atoms with Gasteiger partial charge in [0.15, 0.2) is 22.2 Å². The third-order valence-electron chi connectivity index (χ3n) is 5.36. The van der Waals surface area contributed by atoms with E-state index in [2.05, 4.69) is 15.6 Å². The van der Waals surface area contributed by atoms with E-state index in [0.717, 1.165) is 16.6 Å². The zero-order valence-electron chi connectivity index (χ0n) is 19.1. The van der Waals surface area contributed by atoms with Gasteiger partial charge in [-0.05, 0) is 79.7 Å². The van der Waals surface area contributed by atoms with Crippen LogP contribution in [0.1, 0.15) is 21.5 Å². The number of aryl methyl sites for hydroxylation is 2. The maximum atomic E-state index is 12.5. The first kappa shape index (κ1) is 23.1. The van der Waals surface area contributed by atoms with E-state index in [9.17, 15) is 9.90 Å². The fourth-order valence-corrected chi connectivity index (χ4v) is 3.61. The quantitative estimate of drug-likeness (QED) is 0.346. The molecule has 0 bridgehead atoms. The molecule has 1 heterocycles. The van der Waals surface area contributed by atoms with E-state index in [4.69, 9.17) is 26.1 Å². The van der Waals surface area contributed by atoms with Crippen LogP contribution in [0, 0.1) is 13.8 Å². The lowest BCUT2D eigenvalue weighted by Crippen LogP contribution is -2.34. The van der Waals surface area contributed by atoms with Gasteiger partial charge in [0.2, 0.25) is 5.89 Å². The highest BCUT2D eigenvalue weighted by atomic mass is 32.1. The SMILES string of the molecule is COc1ccc(C(=O)NC(=S)Nc2ccc(-c3nc4cc(C)c(C)cc4o3)c(O)c2)cc1OC. The Labute approximate surface area is 201 Å². The Balaban J connectivity index is 1.47. The molecule has 9 heteroatoms. The zero-order chi connectivity index (χ0) is 24.4. The zero-order valence-corrected chi connectivity index (χ0v) is 19.9. The average molecular weight is 478 g/mol. The van der Waals surface area contributed by atoms with Crippen LogP contribution in [0.25, 0.3) is 22.6 Å². The van der Waals surface area contributed by atoms with Crippen molar-refractivity contribution in [1.82, 2.24) is 10.3 Å². The van der Waals surface area contributed by atoms with Crippen LogP contribution in [0.15, 0.2) is 52.9 Å². The number of anilines is 1.